The van der Waals surface area contributed by atoms with Crippen LogP contribution in [0.5, 0.6) is 0 Å². The molecule has 0 bridgehead atoms. The number of urea groups is 1. The van der Waals surface area contributed by atoms with Crippen molar-refractivity contribution in [2.75, 3.05) is 31.5 Å². The number of carbonyl (C=O) groups excluding carboxylic acids is 1. The second-order valence-corrected chi connectivity index (χ2v) is 6.74. The first-order chi connectivity index (χ1) is 12.0. The fraction of sp³-hybridized carbons (Fsp3) is 0.444. The van der Waals surface area contributed by atoms with Gasteiger partial charge in [-0.15, -0.1) is 0 Å². The summed E-state index contributed by atoms with van der Waals surface area (Å²) in [6.45, 7) is 9.07. The third-order valence-corrected chi connectivity index (χ3v) is 4.74. The summed E-state index contributed by atoms with van der Waals surface area (Å²) in [7, 11) is 0. The molecule has 0 saturated carbocycles. The largest absolute Gasteiger partial charge is 0.322 e. The fourth-order valence-corrected chi connectivity index (χ4v) is 3.19. The van der Waals surface area contributed by atoms with Gasteiger partial charge < -0.3 is 10.2 Å². The Bertz CT molecular complexity index is 737. The molecular weight excluding hydrogens is 338 g/mol. The van der Waals surface area contributed by atoms with Crippen LogP contribution in [0.2, 0.25) is 5.02 Å². The smallest absolute Gasteiger partial charge is 0.321 e. The number of aromatic nitrogens is 2. The minimum atomic E-state index is -0.0723. The molecule has 1 saturated heterocycles. The summed E-state index contributed by atoms with van der Waals surface area (Å²) in [5, 5.41) is 8.02. The van der Waals surface area contributed by atoms with Gasteiger partial charge >= 0.3 is 6.03 Å². The second-order valence-electron chi connectivity index (χ2n) is 6.30. The molecule has 1 aliphatic rings. The van der Waals surface area contributed by atoms with Crippen molar-refractivity contribution in [1.82, 2.24) is 19.6 Å². The highest BCUT2D eigenvalue weighted by Crippen LogP contribution is 2.16. The number of piperazine rings is 1. The summed E-state index contributed by atoms with van der Waals surface area (Å²) in [5.74, 6) is 0. The number of carbonyl (C=O) groups is 1. The van der Waals surface area contributed by atoms with Crippen LogP contribution in [0.1, 0.15) is 18.2 Å². The average molecular weight is 362 g/mol. The normalized spacial score (nSPS) is 15.4. The van der Waals surface area contributed by atoms with E-state index >= 15 is 0 Å². The van der Waals surface area contributed by atoms with E-state index in [-0.39, 0.29) is 6.03 Å². The second kappa shape index (κ2) is 7.89. The van der Waals surface area contributed by atoms with E-state index in [1.54, 1.807) is 12.1 Å². The summed E-state index contributed by atoms with van der Waals surface area (Å²) in [6.07, 6.45) is 2.12. The predicted molar refractivity (Wildman–Crippen MR) is 100.0 cm³/mol. The number of benzene rings is 1. The Morgan fingerprint density at radius 1 is 1.28 bits per heavy atom. The van der Waals surface area contributed by atoms with Gasteiger partial charge in [0.2, 0.25) is 0 Å². The van der Waals surface area contributed by atoms with Crippen molar-refractivity contribution in [3.05, 3.63) is 46.7 Å². The average Bonchev–Trinajstić information content (AvgIpc) is 2.95. The van der Waals surface area contributed by atoms with Crippen LogP contribution in [0, 0.1) is 6.92 Å². The summed E-state index contributed by atoms with van der Waals surface area (Å²) in [4.78, 5) is 16.6. The minimum absolute atomic E-state index is 0.0723. The molecule has 0 spiro atoms. The molecule has 25 heavy (non-hydrogen) atoms. The van der Waals surface area contributed by atoms with E-state index in [1.807, 2.05) is 21.7 Å². The standard InChI is InChI=1S/C18H24ClN5O/c1-3-24-13-15(14(2)21-24)12-22-7-9-23(10-8-22)18(25)20-17-6-4-5-16(19)11-17/h4-6,11,13H,3,7-10,12H2,1-2H3,(H,20,25). The third-order valence-electron chi connectivity index (χ3n) is 4.50. The van der Waals surface area contributed by atoms with Crippen molar-refractivity contribution >= 4 is 23.3 Å². The fourth-order valence-electron chi connectivity index (χ4n) is 3.00. The number of aryl methyl sites for hydroxylation is 2. The van der Waals surface area contributed by atoms with Crippen molar-refractivity contribution in [1.29, 1.82) is 0 Å². The highest BCUT2D eigenvalue weighted by Gasteiger charge is 2.22. The number of amides is 2. The van der Waals surface area contributed by atoms with E-state index in [0.29, 0.717) is 18.1 Å². The molecule has 134 valence electrons. The van der Waals surface area contributed by atoms with Crippen LogP contribution in [0.25, 0.3) is 0 Å². The van der Waals surface area contributed by atoms with Crippen LogP contribution >= 0.6 is 11.6 Å². The van der Waals surface area contributed by atoms with Gasteiger partial charge in [-0.3, -0.25) is 9.58 Å². The molecule has 6 nitrogen and oxygen atoms in total. The van der Waals surface area contributed by atoms with E-state index in [2.05, 4.69) is 35.4 Å². The zero-order valence-corrected chi connectivity index (χ0v) is 15.5. The van der Waals surface area contributed by atoms with Gasteiger partial charge in [-0.1, -0.05) is 17.7 Å². The molecule has 1 fully saturated rings. The number of nitrogens with zero attached hydrogens (tertiary/aromatic N) is 4. The maximum absolute atomic E-state index is 12.4. The van der Waals surface area contributed by atoms with E-state index in [0.717, 1.165) is 37.6 Å². The number of anilines is 1. The van der Waals surface area contributed by atoms with E-state index in [4.69, 9.17) is 11.6 Å². The lowest BCUT2D eigenvalue weighted by Crippen LogP contribution is -2.49. The topological polar surface area (TPSA) is 53.4 Å². The zero-order valence-electron chi connectivity index (χ0n) is 14.7. The lowest BCUT2D eigenvalue weighted by atomic mass is 10.2. The molecular formula is C18H24ClN5O. The monoisotopic (exact) mass is 361 g/mol. The zero-order chi connectivity index (χ0) is 17.8. The Hall–Kier alpha value is -2.05. The molecule has 1 aromatic carbocycles. The Kier molecular flexibility index (Phi) is 5.60. The van der Waals surface area contributed by atoms with Gasteiger partial charge in [0, 0.05) is 61.7 Å². The van der Waals surface area contributed by atoms with Crippen molar-refractivity contribution in [2.45, 2.75) is 26.9 Å². The molecule has 2 aromatic rings. The molecule has 0 radical (unpaired) electrons. The van der Waals surface area contributed by atoms with Gasteiger partial charge in [-0.05, 0) is 32.0 Å². The van der Waals surface area contributed by atoms with Gasteiger partial charge in [0.1, 0.15) is 0 Å². The first kappa shape index (κ1) is 17.8. The first-order valence-corrected chi connectivity index (χ1v) is 8.99. The van der Waals surface area contributed by atoms with Crippen LogP contribution in [-0.4, -0.2) is 51.8 Å². The van der Waals surface area contributed by atoms with Gasteiger partial charge in [0.15, 0.2) is 0 Å². The van der Waals surface area contributed by atoms with Gasteiger partial charge in [0.05, 0.1) is 5.69 Å². The highest BCUT2D eigenvalue weighted by molar-refractivity contribution is 6.30. The summed E-state index contributed by atoms with van der Waals surface area (Å²) in [6, 6.07) is 7.14. The van der Waals surface area contributed by atoms with Crippen molar-refractivity contribution in [3.8, 4) is 0 Å². The van der Waals surface area contributed by atoms with Gasteiger partial charge in [-0.25, -0.2) is 4.79 Å². The van der Waals surface area contributed by atoms with Gasteiger partial charge in [0.25, 0.3) is 0 Å². The van der Waals surface area contributed by atoms with Crippen molar-refractivity contribution < 1.29 is 4.79 Å². The first-order valence-electron chi connectivity index (χ1n) is 8.62. The maximum atomic E-state index is 12.4. The maximum Gasteiger partial charge on any atom is 0.321 e. The molecule has 2 heterocycles. The molecule has 1 aromatic heterocycles. The predicted octanol–water partition coefficient (Wildman–Crippen LogP) is 3.21. The third kappa shape index (κ3) is 4.52. The molecule has 1 aliphatic heterocycles. The number of nitrogens with one attached hydrogen (secondary N) is 1. The summed E-state index contributed by atoms with van der Waals surface area (Å²) in [5.41, 5.74) is 3.07. The molecule has 2 amide bonds. The number of rotatable bonds is 4. The highest BCUT2D eigenvalue weighted by atomic mass is 35.5. The molecule has 1 N–H and O–H groups in total. The van der Waals surface area contributed by atoms with Crippen LogP contribution in [-0.2, 0) is 13.1 Å². The number of hydrogen-bond donors (Lipinski definition) is 1. The molecule has 7 heteroatoms. The van der Waals surface area contributed by atoms with E-state index < -0.39 is 0 Å². The Balaban J connectivity index is 1.51. The van der Waals surface area contributed by atoms with Crippen molar-refractivity contribution in [2.24, 2.45) is 0 Å². The number of halogens is 1. The number of hydrogen-bond acceptors (Lipinski definition) is 3. The quantitative estimate of drug-likeness (QED) is 0.909. The molecule has 0 aliphatic carbocycles. The SMILES string of the molecule is CCn1cc(CN2CCN(C(=O)Nc3cccc(Cl)c3)CC2)c(C)n1. The Morgan fingerprint density at radius 2 is 2.04 bits per heavy atom. The molecule has 0 atom stereocenters. The van der Waals surface area contributed by atoms with Crippen LogP contribution < -0.4 is 5.32 Å². The van der Waals surface area contributed by atoms with E-state index in [9.17, 15) is 4.79 Å². The molecule has 0 unspecified atom stereocenters. The van der Waals surface area contributed by atoms with Crippen LogP contribution in [0.3, 0.4) is 0 Å². The van der Waals surface area contributed by atoms with E-state index in [1.165, 1.54) is 5.56 Å². The minimum Gasteiger partial charge on any atom is -0.322 e. The molecule has 3 rings (SSSR count). The van der Waals surface area contributed by atoms with Crippen molar-refractivity contribution in [3.63, 3.8) is 0 Å². The lowest BCUT2D eigenvalue weighted by Gasteiger charge is -2.34. The Labute approximate surface area is 153 Å². The van der Waals surface area contributed by atoms with Gasteiger partial charge in [-0.2, -0.15) is 5.10 Å². The lowest BCUT2D eigenvalue weighted by molar-refractivity contribution is 0.143. The summed E-state index contributed by atoms with van der Waals surface area (Å²) < 4.78 is 1.97. The Morgan fingerprint density at radius 3 is 2.68 bits per heavy atom. The van der Waals surface area contributed by atoms with Crippen LogP contribution in [0.15, 0.2) is 30.5 Å². The van der Waals surface area contributed by atoms with Crippen LogP contribution in [0.4, 0.5) is 10.5 Å². The summed E-state index contributed by atoms with van der Waals surface area (Å²) >= 11 is 5.96.